The predicted octanol–water partition coefficient (Wildman–Crippen LogP) is 2.36. The Bertz CT molecular complexity index is 608. The van der Waals surface area contributed by atoms with Crippen molar-refractivity contribution in [2.45, 2.75) is 26.4 Å². The number of amides is 2. The summed E-state index contributed by atoms with van der Waals surface area (Å²) in [5.41, 5.74) is 2.02. The molecule has 0 fully saturated rings. The van der Waals surface area contributed by atoms with E-state index in [0.29, 0.717) is 19.0 Å². The average Bonchev–Trinajstić information content (AvgIpc) is 2.95. The summed E-state index contributed by atoms with van der Waals surface area (Å²) in [4.78, 5) is 11.9. The van der Waals surface area contributed by atoms with Gasteiger partial charge in [0.2, 0.25) is 0 Å². The number of carbonyl (C=O) groups excluding carboxylic acids is 1. The Kier molecular flexibility index (Phi) is 6.02. The van der Waals surface area contributed by atoms with E-state index >= 15 is 0 Å². The molecule has 0 aliphatic heterocycles. The van der Waals surface area contributed by atoms with Crippen LogP contribution in [0.25, 0.3) is 0 Å². The Hall–Kier alpha value is -2.50. The van der Waals surface area contributed by atoms with Crippen molar-refractivity contribution in [1.29, 1.82) is 0 Å². The van der Waals surface area contributed by atoms with Crippen molar-refractivity contribution in [1.82, 2.24) is 20.4 Å². The zero-order chi connectivity index (χ0) is 16.7. The maximum atomic E-state index is 11.9. The van der Waals surface area contributed by atoms with Crippen LogP contribution >= 0.6 is 0 Å². The molecular formula is C17H25N5O. The lowest BCUT2D eigenvalue weighted by molar-refractivity contribution is 0.239. The second kappa shape index (κ2) is 8.22. The van der Waals surface area contributed by atoms with E-state index in [0.717, 1.165) is 11.4 Å². The fourth-order valence-corrected chi connectivity index (χ4v) is 2.21. The molecule has 0 spiro atoms. The van der Waals surface area contributed by atoms with Crippen molar-refractivity contribution in [2.24, 2.45) is 13.0 Å². The SMILES string of the molecule is CC(C)C(CNC(=O)NCc1ccnn1C)Nc1ccccc1. The van der Waals surface area contributed by atoms with E-state index < -0.39 is 0 Å². The molecule has 2 amide bonds. The molecule has 23 heavy (non-hydrogen) atoms. The molecule has 124 valence electrons. The third-order valence-electron chi connectivity index (χ3n) is 3.77. The van der Waals surface area contributed by atoms with Crippen molar-refractivity contribution in [2.75, 3.05) is 11.9 Å². The Balaban J connectivity index is 1.79. The maximum absolute atomic E-state index is 11.9. The number of nitrogens with zero attached hydrogens (tertiary/aromatic N) is 2. The Labute approximate surface area is 137 Å². The first-order chi connectivity index (χ1) is 11.1. The number of urea groups is 1. The summed E-state index contributed by atoms with van der Waals surface area (Å²) < 4.78 is 1.74. The van der Waals surface area contributed by atoms with Gasteiger partial charge in [-0.3, -0.25) is 4.68 Å². The highest BCUT2D eigenvalue weighted by Crippen LogP contribution is 2.11. The van der Waals surface area contributed by atoms with Gasteiger partial charge in [-0.05, 0) is 24.1 Å². The largest absolute Gasteiger partial charge is 0.380 e. The summed E-state index contributed by atoms with van der Waals surface area (Å²) >= 11 is 0. The van der Waals surface area contributed by atoms with Gasteiger partial charge in [-0.1, -0.05) is 32.0 Å². The van der Waals surface area contributed by atoms with E-state index in [-0.39, 0.29) is 12.1 Å². The minimum Gasteiger partial charge on any atom is -0.380 e. The van der Waals surface area contributed by atoms with Crippen molar-refractivity contribution in [3.63, 3.8) is 0 Å². The number of aryl methyl sites for hydroxylation is 1. The molecule has 1 aromatic carbocycles. The van der Waals surface area contributed by atoms with Crippen LogP contribution in [0, 0.1) is 5.92 Å². The summed E-state index contributed by atoms with van der Waals surface area (Å²) in [6, 6.07) is 11.9. The molecular weight excluding hydrogens is 290 g/mol. The number of carbonyl (C=O) groups is 1. The van der Waals surface area contributed by atoms with Gasteiger partial charge in [0.1, 0.15) is 0 Å². The normalized spacial score (nSPS) is 12.0. The fraction of sp³-hybridized carbons (Fsp3) is 0.412. The van der Waals surface area contributed by atoms with Gasteiger partial charge >= 0.3 is 6.03 Å². The molecule has 6 heteroatoms. The molecule has 2 rings (SSSR count). The van der Waals surface area contributed by atoms with Crippen LogP contribution < -0.4 is 16.0 Å². The minimum atomic E-state index is -0.174. The standard InChI is InChI=1S/C17H25N5O/c1-13(2)16(21-14-7-5-4-6-8-14)12-19-17(23)18-11-15-9-10-20-22(15)3/h4-10,13,16,21H,11-12H2,1-3H3,(H2,18,19,23). The van der Waals surface area contributed by atoms with Gasteiger partial charge in [0.05, 0.1) is 12.2 Å². The molecule has 0 radical (unpaired) electrons. The molecule has 0 aliphatic carbocycles. The van der Waals surface area contributed by atoms with Crippen LogP contribution in [0.5, 0.6) is 0 Å². The Morgan fingerprint density at radius 2 is 1.91 bits per heavy atom. The van der Waals surface area contributed by atoms with Gasteiger partial charge in [-0.15, -0.1) is 0 Å². The van der Waals surface area contributed by atoms with E-state index in [1.807, 2.05) is 43.4 Å². The van der Waals surface area contributed by atoms with Crippen molar-refractivity contribution >= 4 is 11.7 Å². The average molecular weight is 315 g/mol. The number of hydrogen-bond donors (Lipinski definition) is 3. The van der Waals surface area contributed by atoms with E-state index in [4.69, 9.17) is 0 Å². The molecule has 0 saturated heterocycles. The highest BCUT2D eigenvalue weighted by Gasteiger charge is 2.14. The van der Waals surface area contributed by atoms with Crippen LogP contribution in [0.15, 0.2) is 42.6 Å². The van der Waals surface area contributed by atoms with Gasteiger partial charge in [0.15, 0.2) is 0 Å². The first-order valence-electron chi connectivity index (χ1n) is 7.86. The van der Waals surface area contributed by atoms with Gasteiger partial charge < -0.3 is 16.0 Å². The summed E-state index contributed by atoms with van der Waals surface area (Å²) in [6.07, 6.45) is 1.72. The third kappa shape index (κ3) is 5.32. The van der Waals surface area contributed by atoms with Crippen LogP contribution in [0.1, 0.15) is 19.5 Å². The van der Waals surface area contributed by atoms with Gasteiger partial charge in [-0.2, -0.15) is 5.10 Å². The number of aromatic nitrogens is 2. The molecule has 0 aliphatic rings. The molecule has 6 nitrogen and oxygen atoms in total. The Morgan fingerprint density at radius 3 is 2.52 bits per heavy atom. The van der Waals surface area contributed by atoms with Crippen LogP contribution in [0.3, 0.4) is 0 Å². The van der Waals surface area contributed by atoms with Crippen LogP contribution in [-0.4, -0.2) is 28.4 Å². The second-order valence-electron chi connectivity index (χ2n) is 5.87. The lowest BCUT2D eigenvalue weighted by Gasteiger charge is -2.24. The maximum Gasteiger partial charge on any atom is 0.315 e. The van der Waals surface area contributed by atoms with Crippen molar-refractivity contribution in [3.8, 4) is 0 Å². The van der Waals surface area contributed by atoms with E-state index in [9.17, 15) is 4.79 Å². The number of anilines is 1. The number of rotatable bonds is 7. The molecule has 1 atom stereocenters. The van der Waals surface area contributed by atoms with Crippen LogP contribution in [0.4, 0.5) is 10.5 Å². The quantitative estimate of drug-likeness (QED) is 0.734. The van der Waals surface area contributed by atoms with Crippen LogP contribution in [-0.2, 0) is 13.6 Å². The predicted molar refractivity (Wildman–Crippen MR) is 92.1 cm³/mol. The summed E-state index contributed by atoms with van der Waals surface area (Å²) in [5.74, 6) is 0.396. The zero-order valence-corrected chi connectivity index (χ0v) is 13.9. The summed E-state index contributed by atoms with van der Waals surface area (Å²) in [7, 11) is 1.85. The molecule has 3 N–H and O–H groups in total. The highest BCUT2D eigenvalue weighted by atomic mass is 16.2. The first kappa shape index (κ1) is 16.9. The van der Waals surface area contributed by atoms with E-state index in [2.05, 4.69) is 34.9 Å². The smallest absolute Gasteiger partial charge is 0.315 e. The number of para-hydroxylation sites is 1. The lowest BCUT2D eigenvalue weighted by atomic mass is 10.0. The number of benzene rings is 1. The van der Waals surface area contributed by atoms with Crippen molar-refractivity contribution in [3.05, 3.63) is 48.3 Å². The molecule has 1 heterocycles. The molecule has 0 saturated carbocycles. The zero-order valence-electron chi connectivity index (χ0n) is 13.9. The molecule has 1 unspecified atom stereocenters. The Morgan fingerprint density at radius 1 is 1.17 bits per heavy atom. The second-order valence-corrected chi connectivity index (χ2v) is 5.87. The van der Waals surface area contributed by atoms with Crippen LogP contribution in [0.2, 0.25) is 0 Å². The fourth-order valence-electron chi connectivity index (χ4n) is 2.21. The number of nitrogens with one attached hydrogen (secondary N) is 3. The topological polar surface area (TPSA) is 71.0 Å². The van der Waals surface area contributed by atoms with Crippen molar-refractivity contribution < 1.29 is 4.79 Å². The molecule has 0 bridgehead atoms. The molecule has 2 aromatic rings. The van der Waals surface area contributed by atoms with Gasteiger partial charge in [-0.25, -0.2) is 4.79 Å². The minimum absolute atomic E-state index is 0.167. The first-order valence-corrected chi connectivity index (χ1v) is 7.86. The lowest BCUT2D eigenvalue weighted by Crippen LogP contribution is -2.43. The monoisotopic (exact) mass is 315 g/mol. The van der Waals surface area contributed by atoms with E-state index in [1.54, 1.807) is 10.9 Å². The number of hydrogen-bond acceptors (Lipinski definition) is 3. The third-order valence-corrected chi connectivity index (χ3v) is 3.77. The highest BCUT2D eigenvalue weighted by molar-refractivity contribution is 5.73. The van der Waals surface area contributed by atoms with Gasteiger partial charge in [0.25, 0.3) is 0 Å². The summed E-state index contributed by atoms with van der Waals surface area (Å²) in [5, 5.41) is 13.3. The molecule has 1 aromatic heterocycles. The van der Waals surface area contributed by atoms with Gasteiger partial charge in [0, 0.05) is 31.5 Å². The van der Waals surface area contributed by atoms with E-state index in [1.165, 1.54) is 0 Å². The summed E-state index contributed by atoms with van der Waals surface area (Å²) in [6.45, 7) is 5.29.